The molecule has 0 spiro atoms. The summed E-state index contributed by atoms with van der Waals surface area (Å²) >= 11 is 7.35. The summed E-state index contributed by atoms with van der Waals surface area (Å²) in [4.78, 5) is 4.60. The number of unbranched alkanes of at least 4 members (excludes halogenated alkanes) is 1. The summed E-state index contributed by atoms with van der Waals surface area (Å²) < 4.78 is 6.89. The van der Waals surface area contributed by atoms with Gasteiger partial charge in [-0.15, -0.1) is 22.9 Å². The minimum atomic E-state index is 0.693. The SMILES string of the molecule is ClCCCCOc1ccc(/C=C/c2nc3ccccc3s2)cc1. The maximum atomic E-state index is 5.67. The van der Waals surface area contributed by atoms with Gasteiger partial charge in [0.25, 0.3) is 0 Å². The molecule has 0 saturated carbocycles. The van der Waals surface area contributed by atoms with E-state index in [0.717, 1.165) is 34.7 Å². The van der Waals surface area contributed by atoms with Crippen LogP contribution in [0.15, 0.2) is 48.5 Å². The number of para-hydroxylation sites is 1. The zero-order chi connectivity index (χ0) is 15.9. The second-order valence-electron chi connectivity index (χ2n) is 5.17. The third kappa shape index (κ3) is 4.57. The van der Waals surface area contributed by atoms with Gasteiger partial charge in [-0.25, -0.2) is 4.98 Å². The molecule has 3 aromatic rings. The van der Waals surface area contributed by atoms with Crippen LogP contribution in [0.1, 0.15) is 23.4 Å². The van der Waals surface area contributed by atoms with E-state index in [2.05, 4.69) is 35.3 Å². The van der Waals surface area contributed by atoms with Gasteiger partial charge >= 0.3 is 0 Å². The monoisotopic (exact) mass is 343 g/mol. The van der Waals surface area contributed by atoms with Gasteiger partial charge in [0.15, 0.2) is 0 Å². The third-order valence-corrected chi connectivity index (χ3v) is 4.67. The second kappa shape index (κ2) is 8.14. The van der Waals surface area contributed by atoms with Crippen LogP contribution in [0.3, 0.4) is 0 Å². The number of ether oxygens (including phenoxy) is 1. The van der Waals surface area contributed by atoms with E-state index in [4.69, 9.17) is 16.3 Å². The predicted molar refractivity (Wildman–Crippen MR) is 100 cm³/mol. The molecule has 0 amide bonds. The minimum absolute atomic E-state index is 0.693. The zero-order valence-corrected chi connectivity index (χ0v) is 14.3. The first kappa shape index (κ1) is 16.0. The quantitative estimate of drug-likeness (QED) is 0.395. The van der Waals surface area contributed by atoms with Crippen molar-refractivity contribution in [3.8, 4) is 5.75 Å². The van der Waals surface area contributed by atoms with Gasteiger partial charge in [-0.3, -0.25) is 0 Å². The van der Waals surface area contributed by atoms with E-state index < -0.39 is 0 Å². The van der Waals surface area contributed by atoms with E-state index in [-0.39, 0.29) is 0 Å². The van der Waals surface area contributed by atoms with Crippen molar-refractivity contribution in [2.45, 2.75) is 12.8 Å². The Hall–Kier alpha value is -1.84. The molecule has 0 aliphatic carbocycles. The molecule has 3 rings (SSSR count). The van der Waals surface area contributed by atoms with Gasteiger partial charge in [-0.2, -0.15) is 0 Å². The smallest absolute Gasteiger partial charge is 0.119 e. The van der Waals surface area contributed by atoms with E-state index in [0.29, 0.717) is 12.5 Å². The zero-order valence-electron chi connectivity index (χ0n) is 12.7. The normalized spacial score (nSPS) is 11.3. The molecule has 0 aliphatic heterocycles. The van der Waals surface area contributed by atoms with Gasteiger partial charge in [-0.1, -0.05) is 30.3 Å². The van der Waals surface area contributed by atoms with Crippen LogP contribution in [-0.2, 0) is 0 Å². The highest BCUT2D eigenvalue weighted by atomic mass is 35.5. The molecule has 0 fully saturated rings. The van der Waals surface area contributed by atoms with Crippen molar-refractivity contribution in [3.63, 3.8) is 0 Å². The number of thiazole rings is 1. The topological polar surface area (TPSA) is 22.1 Å². The molecule has 0 radical (unpaired) electrons. The Morgan fingerprint density at radius 3 is 2.61 bits per heavy atom. The number of halogens is 1. The molecule has 1 aromatic heterocycles. The average molecular weight is 344 g/mol. The van der Waals surface area contributed by atoms with Gasteiger partial charge in [0.2, 0.25) is 0 Å². The van der Waals surface area contributed by atoms with Gasteiger partial charge < -0.3 is 4.74 Å². The lowest BCUT2D eigenvalue weighted by molar-refractivity contribution is 0.309. The molecule has 0 atom stereocenters. The maximum absolute atomic E-state index is 5.67. The van der Waals surface area contributed by atoms with Crippen LogP contribution >= 0.6 is 22.9 Å². The van der Waals surface area contributed by atoms with Crippen LogP contribution in [0.4, 0.5) is 0 Å². The van der Waals surface area contributed by atoms with E-state index >= 15 is 0 Å². The highest BCUT2D eigenvalue weighted by molar-refractivity contribution is 7.19. The average Bonchev–Trinajstić information content (AvgIpc) is 3.01. The number of alkyl halides is 1. The molecule has 2 aromatic carbocycles. The number of fused-ring (bicyclic) bond motifs is 1. The number of hydrogen-bond acceptors (Lipinski definition) is 3. The number of nitrogens with zero attached hydrogens (tertiary/aromatic N) is 1. The summed E-state index contributed by atoms with van der Waals surface area (Å²) in [5, 5.41) is 1.02. The first-order valence-electron chi connectivity index (χ1n) is 7.67. The highest BCUT2D eigenvalue weighted by Crippen LogP contribution is 2.23. The molecule has 2 nitrogen and oxygen atoms in total. The summed E-state index contributed by atoms with van der Waals surface area (Å²) in [5.41, 5.74) is 2.19. The molecule has 0 N–H and O–H groups in total. The first-order valence-corrected chi connectivity index (χ1v) is 9.03. The molecule has 1 heterocycles. The van der Waals surface area contributed by atoms with Crippen LogP contribution in [0, 0.1) is 0 Å². The van der Waals surface area contributed by atoms with E-state index in [1.54, 1.807) is 11.3 Å². The molecule has 4 heteroatoms. The number of rotatable bonds is 7. The number of benzene rings is 2. The number of aromatic nitrogens is 1. The fourth-order valence-corrected chi connectivity index (χ4v) is 3.25. The van der Waals surface area contributed by atoms with Gasteiger partial charge in [-0.05, 0) is 48.7 Å². The van der Waals surface area contributed by atoms with Crippen molar-refractivity contribution in [2.75, 3.05) is 12.5 Å². The molecule has 0 bridgehead atoms. The largest absolute Gasteiger partial charge is 0.494 e. The maximum Gasteiger partial charge on any atom is 0.119 e. The van der Waals surface area contributed by atoms with Crippen LogP contribution in [0.25, 0.3) is 22.4 Å². The van der Waals surface area contributed by atoms with Crippen molar-refractivity contribution in [2.24, 2.45) is 0 Å². The van der Waals surface area contributed by atoms with Crippen molar-refractivity contribution in [1.82, 2.24) is 4.98 Å². The Bertz CT molecular complexity index is 746. The Morgan fingerprint density at radius 2 is 1.83 bits per heavy atom. The summed E-state index contributed by atoms with van der Waals surface area (Å²) in [5.74, 6) is 1.59. The molecule has 0 saturated heterocycles. The minimum Gasteiger partial charge on any atom is -0.494 e. The first-order chi connectivity index (χ1) is 11.3. The second-order valence-corrected chi connectivity index (χ2v) is 6.61. The van der Waals surface area contributed by atoms with Crippen LogP contribution in [0.5, 0.6) is 5.75 Å². The van der Waals surface area contributed by atoms with Crippen LogP contribution < -0.4 is 4.74 Å². The van der Waals surface area contributed by atoms with Crippen LogP contribution in [0.2, 0.25) is 0 Å². The Labute approximate surface area is 145 Å². The molecular weight excluding hydrogens is 326 g/mol. The van der Waals surface area contributed by atoms with Gasteiger partial charge in [0, 0.05) is 5.88 Å². The van der Waals surface area contributed by atoms with Crippen molar-refractivity contribution in [3.05, 3.63) is 59.1 Å². The molecule has 118 valence electrons. The third-order valence-electron chi connectivity index (χ3n) is 3.41. The van der Waals surface area contributed by atoms with Crippen LogP contribution in [-0.4, -0.2) is 17.5 Å². The lowest BCUT2D eigenvalue weighted by Gasteiger charge is -2.05. The number of hydrogen-bond donors (Lipinski definition) is 0. The Kier molecular flexibility index (Phi) is 5.67. The fourth-order valence-electron chi connectivity index (χ4n) is 2.19. The fraction of sp³-hybridized carbons (Fsp3) is 0.211. The summed E-state index contributed by atoms with van der Waals surface area (Å²) in [7, 11) is 0. The summed E-state index contributed by atoms with van der Waals surface area (Å²) in [6.07, 6.45) is 6.11. The molecule has 0 aliphatic rings. The van der Waals surface area contributed by atoms with Gasteiger partial charge in [0.05, 0.1) is 16.8 Å². The molecular formula is C19H18ClNOS. The van der Waals surface area contributed by atoms with Crippen molar-refractivity contribution in [1.29, 1.82) is 0 Å². The van der Waals surface area contributed by atoms with Crippen molar-refractivity contribution < 1.29 is 4.74 Å². The lowest BCUT2D eigenvalue weighted by atomic mass is 10.2. The predicted octanol–water partition coefficient (Wildman–Crippen LogP) is 5.86. The molecule has 23 heavy (non-hydrogen) atoms. The van der Waals surface area contributed by atoms with Gasteiger partial charge in [0.1, 0.15) is 10.8 Å². The van der Waals surface area contributed by atoms with E-state index in [9.17, 15) is 0 Å². The lowest BCUT2D eigenvalue weighted by Crippen LogP contribution is -1.97. The summed E-state index contributed by atoms with van der Waals surface area (Å²) in [6.45, 7) is 0.716. The summed E-state index contributed by atoms with van der Waals surface area (Å²) in [6, 6.07) is 16.3. The standard InChI is InChI=1S/C19H18ClNOS/c20-13-3-4-14-22-16-10-7-15(8-11-16)9-12-19-21-17-5-1-2-6-18(17)23-19/h1-2,5-12H,3-4,13-14H2/b12-9+. The Morgan fingerprint density at radius 1 is 1.00 bits per heavy atom. The van der Waals surface area contributed by atoms with Crippen molar-refractivity contribution >= 4 is 45.3 Å². The molecule has 0 unspecified atom stereocenters. The highest BCUT2D eigenvalue weighted by Gasteiger charge is 1.99. The van der Waals surface area contributed by atoms with E-state index in [1.807, 2.05) is 30.3 Å². The Balaban J connectivity index is 1.61. The van der Waals surface area contributed by atoms with E-state index in [1.165, 1.54) is 4.70 Å².